The number of benzene rings is 2. The van der Waals surface area contributed by atoms with E-state index in [0.717, 1.165) is 11.1 Å². The Hall–Kier alpha value is -3.09. The first-order valence-electron chi connectivity index (χ1n) is 9.18. The molecular weight excluding hydrogens is 422 g/mol. The van der Waals surface area contributed by atoms with Gasteiger partial charge in [-0.2, -0.15) is 0 Å². The Morgan fingerprint density at radius 3 is 2.57 bits per heavy atom. The zero-order valence-corrected chi connectivity index (χ0v) is 17.8. The maximum Gasteiger partial charge on any atom is 0.294 e. The molecule has 7 heteroatoms. The van der Waals surface area contributed by atoms with Crippen molar-refractivity contribution in [3.05, 3.63) is 92.3 Å². The molecule has 0 saturated carbocycles. The number of ketones is 1. The SMILES string of the molecule is COc1ccc(N2C(=O)C(O)=C(C(=O)c3cccs3)C2c2ccccc2C)cc1Cl. The molecule has 1 aliphatic rings. The van der Waals surface area contributed by atoms with Gasteiger partial charge in [0.2, 0.25) is 5.78 Å². The number of rotatable bonds is 5. The summed E-state index contributed by atoms with van der Waals surface area (Å²) in [6, 6.07) is 15.1. The molecule has 1 aliphatic heterocycles. The van der Waals surface area contributed by atoms with Gasteiger partial charge < -0.3 is 9.84 Å². The Morgan fingerprint density at radius 1 is 1.17 bits per heavy atom. The molecule has 1 unspecified atom stereocenters. The zero-order chi connectivity index (χ0) is 21.4. The van der Waals surface area contributed by atoms with E-state index in [-0.39, 0.29) is 11.4 Å². The monoisotopic (exact) mass is 439 g/mol. The highest BCUT2D eigenvalue weighted by Gasteiger charge is 2.45. The molecule has 5 nitrogen and oxygen atoms in total. The van der Waals surface area contributed by atoms with Crippen molar-refractivity contribution in [2.75, 3.05) is 12.0 Å². The molecule has 0 radical (unpaired) electrons. The van der Waals surface area contributed by atoms with Crippen molar-refractivity contribution < 1.29 is 19.4 Å². The van der Waals surface area contributed by atoms with Crippen LogP contribution in [0.15, 0.2) is 71.3 Å². The Kier molecular flexibility index (Phi) is 5.37. The molecule has 1 N–H and O–H groups in total. The van der Waals surface area contributed by atoms with Gasteiger partial charge in [0.15, 0.2) is 5.76 Å². The standard InChI is InChI=1S/C23H18ClNO4S/c1-13-6-3-4-7-15(13)20-19(21(26)18-8-5-11-30-18)22(27)23(28)25(20)14-9-10-17(29-2)16(24)12-14/h3-12,20,27H,1-2H3. The predicted octanol–water partition coefficient (Wildman–Crippen LogP) is 5.50. The van der Waals surface area contributed by atoms with E-state index in [1.807, 2.05) is 31.2 Å². The lowest BCUT2D eigenvalue weighted by Crippen LogP contribution is -2.31. The number of hydrogen-bond donors (Lipinski definition) is 1. The van der Waals surface area contributed by atoms with E-state index in [0.29, 0.717) is 21.3 Å². The number of halogens is 1. The number of aliphatic hydroxyl groups excluding tert-OH is 1. The van der Waals surface area contributed by atoms with Gasteiger partial charge in [-0.3, -0.25) is 14.5 Å². The molecule has 3 aromatic rings. The highest BCUT2D eigenvalue weighted by atomic mass is 35.5. The summed E-state index contributed by atoms with van der Waals surface area (Å²) in [6.07, 6.45) is 0. The fraction of sp³-hybridized carbons (Fsp3) is 0.130. The van der Waals surface area contributed by atoms with E-state index < -0.39 is 17.7 Å². The number of hydrogen-bond acceptors (Lipinski definition) is 5. The third-order valence-corrected chi connectivity index (χ3v) is 6.26. The van der Waals surface area contributed by atoms with E-state index in [2.05, 4.69) is 0 Å². The average Bonchev–Trinajstić information content (AvgIpc) is 3.36. The van der Waals surface area contributed by atoms with Crippen molar-refractivity contribution in [1.82, 2.24) is 0 Å². The summed E-state index contributed by atoms with van der Waals surface area (Å²) in [5.74, 6) is -1.10. The first-order chi connectivity index (χ1) is 14.4. The van der Waals surface area contributed by atoms with Gasteiger partial charge in [-0.25, -0.2) is 0 Å². The maximum atomic E-state index is 13.3. The van der Waals surface area contributed by atoms with Crippen molar-refractivity contribution in [3.63, 3.8) is 0 Å². The average molecular weight is 440 g/mol. The third-order valence-electron chi connectivity index (χ3n) is 5.09. The molecule has 30 heavy (non-hydrogen) atoms. The lowest BCUT2D eigenvalue weighted by molar-refractivity contribution is -0.117. The molecule has 1 aromatic heterocycles. The predicted molar refractivity (Wildman–Crippen MR) is 118 cm³/mol. The highest BCUT2D eigenvalue weighted by Crippen LogP contribution is 2.44. The molecular formula is C23H18ClNO4S. The summed E-state index contributed by atoms with van der Waals surface area (Å²) >= 11 is 7.56. The smallest absolute Gasteiger partial charge is 0.294 e. The van der Waals surface area contributed by atoms with E-state index in [1.165, 1.54) is 23.3 Å². The number of aryl methyl sites for hydroxylation is 1. The van der Waals surface area contributed by atoms with Crippen LogP contribution in [0.3, 0.4) is 0 Å². The van der Waals surface area contributed by atoms with Crippen LogP contribution in [0.2, 0.25) is 5.02 Å². The molecule has 0 saturated heterocycles. The molecule has 1 amide bonds. The quantitative estimate of drug-likeness (QED) is 0.533. The van der Waals surface area contributed by atoms with E-state index in [1.54, 1.807) is 35.7 Å². The largest absolute Gasteiger partial charge is 0.503 e. The molecule has 152 valence electrons. The van der Waals surface area contributed by atoms with Gasteiger partial charge in [-0.1, -0.05) is 41.9 Å². The van der Waals surface area contributed by atoms with E-state index in [9.17, 15) is 14.7 Å². The third kappa shape index (κ3) is 3.28. The first-order valence-corrected chi connectivity index (χ1v) is 10.4. The molecule has 0 fully saturated rings. The lowest BCUT2D eigenvalue weighted by Gasteiger charge is -2.28. The van der Waals surface area contributed by atoms with Crippen LogP contribution in [0.1, 0.15) is 26.8 Å². The van der Waals surface area contributed by atoms with Gasteiger partial charge in [0.25, 0.3) is 5.91 Å². The summed E-state index contributed by atoms with van der Waals surface area (Å²) in [7, 11) is 1.50. The topological polar surface area (TPSA) is 66.8 Å². The van der Waals surface area contributed by atoms with Crippen LogP contribution in [0.5, 0.6) is 5.75 Å². The van der Waals surface area contributed by atoms with Gasteiger partial charge in [0, 0.05) is 5.69 Å². The summed E-state index contributed by atoms with van der Waals surface area (Å²) < 4.78 is 5.20. The fourth-order valence-corrected chi connectivity index (χ4v) is 4.57. The zero-order valence-electron chi connectivity index (χ0n) is 16.3. The summed E-state index contributed by atoms with van der Waals surface area (Å²) in [5, 5.41) is 12.9. The van der Waals surface area contributed by atoms with E-state index in [4.69, 9.17) is 16.3 Å². The molecule has 2 heterocycles. The Balaban J connectivity index is 1.90. The van der Waals surface area contributed by atoms with Gasteiger partial charge in [-0.15, -0.1) is 11.3 Å². The number of thiophene rings is 1. The number of anilines is 1. The Labute approximate surface area is 182 Å². The van der Waals surface area contributed by atoms with Crippen molar-refractivity contribution in [1.29, 1.82) is 0 Å². The van der Waals surface area contributed by atoms with Crippen LogP contribution < -0.4 is 9.64 Å². The van der Waals surface area contributed by atoms with Gasteiger partial charge >= 0.3 is 0 Å². The summed E-state index contributed by atoms with van der Waals surface area (Å²) in [5.41, 5.74) is 2.16. The van der Waals surface area contributed by atoms with Crippen molar-refractivity contribution in [2.45, 2.75) is 13.0 Å². The Bertz CT molecular complexity index is 1170. The number of methoxy groups -OCH3 is 1. The second kappa shape index (κ2) is 7.97. The number of carbonyl (C=O) groups is 2. The van der Waals surface area contributed by atoms with E-state index >= 15 is 0 Å². The first kappa shape index (κ1) is 20.2. The number of carbonyl (C=O) groups excluding carboxylic acids is 2. The fourth-order valence-electron chi connectivity index (χ4n) is 3.64. The second-order valence-corrected chi connectivity index (χ2v) is 8.18. The van der Waals surface area contributed by atoms with Gasteiger partial charge in [0.1, 0.15) is 5.75 Å². The minimum atomic E-state index is -0.780. The van der Waals surface area contributed by atoms with Crippen molar-refractivity contribution >= 4 is 40.3 Å². The van der Waals surface area contributed by atoms with Gasteiger partial charge in [0.05, 0.1) is 28.6 Å². The molecule has 2 aromatic carbocycles. The normalized spacial score (nSPS) is 16.3. The van der Waals surface area contributed by atoms with Crippen LogP contribution in [0, 0.1) is 6.92 Å². The number of amides is 1. The Morgan fingerprint density at radius 2 is 1.93 bits per heavy atom. The summed E-state index contributed by atoms with van der Waals surface area (Å²) in [4.78, 5) is 28.3. The highest BCUT2D eigenvalue weighted by molar-refractivity contribution is 7.12. The van der Waals surface area contributed by atoms with Crippen LogP contribution >= 0.6 is 22.9 Å². The van der Waals surface area contributed by atoms with Crippen LogP contribution in [0.25, 0.3) is 0 Å². The summed E-state index contributed by atoms with van der Waals surface area (Å²) in [6.45, 7) is 1.90. The number of ether oxygens (including phenoxy) is 1. The number of aliphatic hydroxyl groups is 1. The minimum Gasteiger partial charge on any atom is -0.503 e. The van der Waals surface area contributed by atoms with Crippen molar-refractivity contribution in [2.24, 2.45) is 0 Å². The molecule has 0 bridgehead atoms. The minimum absolute atomic E-state index is 0.0590. The van der Waals surface area contributed by atoms with Crippen LogP contribution in [0.4, 0.5) is 5.69 Å². The number of nitrogens with zero attached hydrogens (tertiary/aromatic N) is 1. The lowest BCUT2D eigenvalue weighted by atomic mass is 9.92. The number of Topliss-reactive ketones (excluding diaryl/α,β-unsaturated/α-hetero) is 1. The van der Waals surface area contributed by atoms with Crippen molar-refractivity contribution in [3.8, 4) is 5.75 Å². The molecule has 1 atom stereocenters. The van der Waals surface area contributed by atoms with Crippen LogP contribution in [-0.4, -0.2) is 23.9 Å². The second-order valence-electron chi connectivity index (χ2n) is 6.82. The van der Waals surface area contributed by atoms with Crippen LogP contribution in [-0.2, 0) is 4.79 Å². The maximum absolute atomic E-state index is 13.3. The molecule has 0 spiro atoms. The molecule has 4 rings (SSSR count). The van der Waals surface area contributed by atoms with Gasteiger partial charge in [-0.05, 0) is 47.7 Å². The molecule has 0 aliphatic carbocycles.